The molecule has 0 amide bonds. The van der Waals surface area contributed by atoms with E-state index in [4.69, 9.17) is 5.11 Å². The maximum absolute atomic E-state index is 10.1. The molecule has 1 N–H and O–H groups in total. The zero-order chi connectivity index (χ0) is 9.40. The van der Waals surface area contributed by atoms with Crippen LogP contribution < -0.4 is 0 Å². The second kappa shape index (κ2) is 6.89. The fourth-order valence-electron chi connectivity index (χ4n) is 0.820. The van der Waals surface area contributed by atoms with E-state index in [-0.39, 0.29) is 6.42 Å². The highest BCUT2D eigenvalue weighted by Gasteiger charge is 1.94. The van der Waals surface area contributed by atoms with Crippen molar-refractivity contribution in [2.24, 2.45) is 5.92 Å². The first-order valence-corrected chi connectivity index (χ1v) is 4.53. The van der Waals surface area contributed by atoms with E-state index in [9.17, 15) is 4.79 Å². The highest BCUT2D eigenvalue weighted by molar-refractivity contribution is 5.66. The minimum Gasteiger partial charge on any atom is -0.481 e. The van der Waals surface area contributed by atoms with Crippen molar-refractivity contribution in [3.8, 4) is 0 Å². The molecule has 0 spiro atoms. The van der Waals surface area contributed by atoms with E-state index < -0.39 is 5.97 Å². The molecule has 0 saturated carbocycles. The van der Waals surface area contributed by atoms with Crippen molar-refractivity contribution in [3.63, 3.8) is 0 Å². The fourth-order valence-corrected chi connectivity index (χ4v) is 0.820. The van der Waals surface area contributed by atoms with Gasteiger partial charge >= 0.3 is 5.97 Å². The highest BCUT2D eigenvalue weighted by atomic mass is 16.4. The second-order valence-electron chi connectivity index (χ2n) is 3.15. The summed E-state index contributed by atoms with van der Waals surface area (Å²) in [5, 5.41) is 8.33. The summed E-state index contributed by atoms with van der Waals surface area (Å²) in [6, 6.07) is 0. The molecule has 0 radical (unpaired) electrons. The van der Waals surface area contributed by atoms with Crippen molar-refractivity contribution < 1.29 is 9.90 Å². The van der Waals surface area contributed by atoms with Gasteiger partial charge in [-0.15, -0.1) is 0 Å². The minimum absolute atomic E-state index is 0.247. The van der Waals surface area contributed by atoms with E-state index in [1.807, 2.05) is 6.08 Å². The molecule has 2 nitrogen and oxygen atoms in total. The third-order valence-electron chi connectivity index (χ3n) is 1.93. The monoisotopic (exact) mass is 170 g/mol. The van der Waals surface area contributed by atoms with E-state index >= 15 is 0 Å². The Kier molecular flexibility index (Phi) is 6.44. The number of carboxylic acid groups (broad SMARTS) is 1. The Morgan fingerprint density at radius 1 is 1.50 bits per heavy atom. The summed E-state index contributed by atoms with van der Waals surface area (Å²) in [5.41, 5.74) is 0. The lowest BCUT2D eigenvalue weighted by Crippen LogP contribution is -1.92. The van der Waals surface area contributed by atoms with E-state index in [2.05, 4.69) is 19.9 Å². The SMILES string of the molecule is CCC(C)C/C=C/CCC(=O)O. The number of aliphatic carboxylic acids is 1. The van der Waals surface area contributed by atoms with Crippen molar-refractivity contribution in [1.29, 1.82) is 0 Å². The van der Waals surface area contributed by atoms with Gasteiger partial charge in [-0.3, -0.25) is 4.79 Å². The van der Waals surface area contributed by atoms with Crippen molar-refractivity contribution in [1.82, 2.24) is 0 Å². The molecular weight excluding hydrogens is 152 g/mol. The standard InChI is InChI=1S/C10H18O2/c1-3-9(2)7-5-4-6-8-10(11)12/h4-5,9H,3,6-8H2,1-2H3,(H,11,12)/b5-4+. The molecule has 0 saturated heterocycles. The summed E-state index contributed by atoms with van der Waals surface area (Å²) in [7, 11) is 0. The van der Waals surface area contributed by atoms with Crippen LogP contribution in [0.5, 0.6) is 0 Å². The Morgan fingerprint density at radius 2 is 2.17 bits per heavy atom. The summed E-state index contributed by atoms with van der Waals surface area (Å²) in [6.45, 7) is 4.36. The predicted molar refractivity (Wildman–Crippen MR) is 50.1 cm³/mol. The molecule has 0 aromatic rings. The van der Waals surface area contributed by atoms with E-state index in [0.717, 1.165) is 6.42 Å². The normalized spacial score (nSPS) is 13.5. The van der Waals surface area contributed by atoms with Gasteiger partial charge in [0.15, 0.2) is 0 Å². The molecule has 0 rings (SSSR count). The molecule has 0 bridgehead atoms. The van der Waals surface area contributed by atoms with Crippen molar-refractivity contribution in [2.75, 3.05) is 0 Å². The van der Waals surface area contributed by atoms with Crippen LogP contribution >= 0.6 is 0 Å². The molecule has 0 aliphatic carbocycles. The Bertz CT molecular complexity index is 150. The smallest absolute Gasteiger partial charge is 0.303 e. The first-order valence-electron chi connectivity index (χ1n) is 4.53. The Hall–Kier alpha value is -0.790. The Morgan fingerprint density at radius 3 is 2.67 bits per heavy atom. The van der Waals surface area contributed by atoms with Crippen LogP contribution in [0.4, 0.5) is 0 Å². The largest absolute Gasteiger partial charge is 0.481 e. The number of carboxylic acids is 1. The van der Waals surface area contributed by atoms with Gasteiger partial charge in [-0.1, -0.05) is 32.4 Å². The second-order valence-corrected chi connectivity index (χ2v) is 3.15. The average Bonchev–Trinajstić information content (AvgIpc) is 2.03. The van der Waals surface area contributed by atoms with Crippen molar-refractivity contribution >= 4 is 5.97 Å². The summed E-state index contributed by atoms with van der Waals surface area (Å²) >= 11 is 0. The predicted octanol–water partition coefficient (Wildman–Crippen LogP) is 2.84. The van der Waals surface area contributed by atoms with Crippen LogP contribution in [0.25, 0.3) is 0 Å². The molecule has 2 heteroatoms. The molecule has 0 heterocycles. The number of hydrogen-bond donors (Lipinski definition) is 1. The quantitative estimate of drug-likeness (QED) is 0.622. The van der Waals surface area contributed by atoms with Crippen LogP contribution in [-0.2, 0) is 4.79 Å². The maximum atomic E-state index is 10.1. The van der Waals surface area contributed by atoms with Gasteiger partial charge in [-0.2, -0.15) is 0 Å². The fraction of sp³-hybridized carbons (Fsp3) is 0.700. The van der Waals surface area contributed by atoms with Gasteiger partial charge in [0.1, 0.15) is 0 Å². The molecule has 0 aliphatic heterocycles. The average molecular weight is 170 g/mol. The van der Waals surface area contributed by atoms with Crippen LogP contribution in [0.1, 0.15) is 39.5 Å². The van der Waals surface area contributed by atoms with Crippen molar-refractivity contribution in [2.45, 2.75) is 39.5 Å². The molecule has 1 unspecified atom stereocenters. The van der Waals surface area contributed by atoms with Gasteiger partial charge in [0.2, 0.25) is 0 Å². The lowest BCUT2D eigenvalue weighted by Gasteiger charge is -2.01. The molecular formula is C10H18O2. The van der Waals surface area contributed by atoms with Gasteiger partial charge in [0, 0.05) is 6.42 Å². The number of hydrogen-bond acceptors (Lipinski definition) is 1. The third-order valence-corrected chi connectivity index (χ3v) is 1.93. The summed E-state index contributed by atoms with van der Waals surface area (Å²) < 4.78 is 0. The van der Waals surface area contributed by atoms with Gasteiger partial charge in [0.25, 0.3) is 0 Å². The Balaban J connectivity index is 3.31. The minimum atomic E-state index is -0.719. The number of rotatable bonds is 6. The van der Waals surface area contributed by atoms with Gasteiger partial charge < -0.3 is 5.11 Å². The summed E-state index contributed by atoms with van der Waals surface area (Å²) in [6.07, 6.45) is 7.19. The zero-order valence-corrected chi connectivity index (χ0v) is 7.92. The Labute approximate surface area is 74.3 Å². The lowest BCUT2D eigenvalue weighted by atomic mass is 10.0. The van der Waals surface area contributed by atoms with Crippen LogP contribution in [0, 0.1) is 5.92 Å². The molecule has 0 aliphatic rings. The molecule has 0 aromatic carbocycles. The number of allylic oxidation sites excluding steroid dienone is 2. The first kappa shape index (κ1) is 11.2. The van der Waals surface area contributed by atoms with E-state index in [0.29, 0.717) is 12.3 Å². The van der Waals surface area contributed by atoms with Crippen LogP contribution in [0.3, 0.4) is 0 Å². The highest BCUT2D eigenvalue weighted by Crippen LogP contribution is 2.07. The molecule has 1 atom stereocenters. The third kappa shape index (κ3) is 7.32. The molecule has 12 heavy (non-hydrogen) atoms. The maximum Gasteiger partial charge on any atom is 0.303 e. The van der Waals surface area contributed by atoms with E-state index in [1.165, 1.54) is 6.42 Å². The van der Waals surface area contributed by atoms with Crippen LogP contribution in [-0.4, -0.2) is 11.1 Å². The topological polar surface area (TPSA) is 37.3 Å². The summed E-state index contributed by atoms with van der Waals surface area (Å²) in [4.78, 5) is 10.1. The first-order chi connectivity index (χ1) is 5.66. The van der Waals surface area contributed by atoms with Crippen LogP contribution in [0.15, 0.2) is 12.2 Å². The molecule has 0 aromatic heterocycles. The van der Waals surface area contributed by atoms with Gasteiger partial charge in [-0.05, 0) is 18.8 Å². The molecule has 0 fully saturated rings. The van der Waals surface area contributed by atoms with Gasteiger partial charge in [-0.25, -0.2) is 0 Å². The van der Waals surface area contributed by atoms with Gasteiger partial charge in [0.05, 0.1) is 0 Å². The molecule has 70 valence electrons. The number of carbonyl (C=O) groups is 1. The lowest BCUT2D eigenvalue weighted by molar-refractivity contribution is -0.136. The van der Waals surface area contributed by atoms with Crippen LogP contribution in [0.2, 0.25) is 0 Å². The summed E-state index contributed by atoms with van der Waals surface area (Å²) in [5.74, 6) is -0.00531. The van der Waals surface area contributed by atoms with E-state index in [1.54, 1.807) is 0 Å². The van der Waals surface area contributed by atoms with Crippen molar-refractivity contribution in [3.05, 3.63) is 12.2 Å². The zero-order valence-electron chi connectivity index (χ0n) is 7.92.